The third-order valence-electron chi connectivity index (χ3n) is 3.59. The summed E-state index contributed by atoms with van der Waals surface area (Å²) in [4.78, 5) is 6.77. The molecule has 102 valence electrons. The zero-order valence-corrected chi connectivity index (χ0v) is 12.1. The zero-order valence-electron chi connectivity index (χ0n) is 12.1. The molecular weight excluding hydrogens is 224 g/mol. The molecule has 3 nitrogen and oxygen atoms in total. The van der Waals surface area contributed by atoms with E-state index in [1.54, 1.807) is 13.1 Å². The second-order valence-corrected chi connectivity index (χ2v) is 4.85. The molecule has 0 spiro atoms. The fourth-order valence-corrected chi connectivity index (χ4v) is 2.07. The Morgan fingerprint density at radius 1 is 1.22 bits per heavy atom. The van der Waals surface area contributed by atoms with E-state index in [1.165, 1.54) is 12.8 Å². The predicted molar refractivity (Wildman–Crippen MR) is 76.8 cm³/mol. The van der Waals surface area contributed by atoms with Crippen LogP contribution in [0.5, 0.6) is 0 Å². The molecule has 0 aliphatic rings. The Kier molecular flexibility index (Phi) is 6.13. The Balaban J connectivity index is 2.75. The Morgan fingerprint density at radius 2 is 1.89 bits per heavy atom. The molecule has 0 saturated carbocycles. The fourth-order valence-electron chi connectivity index (χ4n) is 2.07. The summed E-state index contributed by atoms with van der Waals surface area (Å²) < 4.78 is 0. The van der Waals surface area contributed by atoms with Gasteiger partial charge < -0.3 is 10.0 Å². The predicted octanol–water partition coefficient (Wildman–Crippen LogP) is 3.40. The molecular formula is C15H26N2O. The molecule has 3 heteroatoms. The van der Waals surface area contributed by atoms with Gasteiger partial charge in [-0.3, -0.25) is 0 Å². The number of hydrogen-bond acceptors (Lipinski definition) is 3. The van der Waals surface area contributed by atoms with Gasteiger partial charge in [-0.15, -0.1) is 0 Å². The SMILES string of the molecule is CCC(CC)CN(CC)c1ccc([C@@H](C)O)cn1. The highest BCUT2D eigenvalue weighted by atomic mass is 16.3. The normalized spacial score (nSPS) is 12.8. The molecule has 0 amide bonds. The summed E-state index contributed by atoms with van der Waals surface area (Å²) in [6.07, 6.45) is 3.74. The number of aliphatic hydroxyl groups excluding tert-OH is 1. The summed E-state index contributed by atoms with van der Waals surface area (Å²) >= 11 is 0. The van der Waals surface area contributed by atoms with Gasteiger partial charge in [0.1, 0.15) is 5.82 Å². The highest BCUT2D eigenvalue weighted by molar-refractivity contribution is 5.39. The average Bonchev–Trinajstić information content (AvgIpc) is 2.40. The van der Waals surface area contributed by atoms with Crippen LogP contribution in [0.2, 0.25) is 0 Å². The molecule has 0 aromatic carbocycles. The first-order chi connectivity index (χ1) is 8.62. The van der Waals surface area contributed by atoms with Crippen LogP contribution in [0.3, 0.4) is 0 Å². The van der Waals surface area contributed by atoms with Crippen molar-refractivity contribution in [3.05, 3.63) is 23.9 Å². The number of aliphatic hydroxyl groups is 1. The molecule has 0 bridgehead atoms. The third kappa shape index (κ3) is 3.98. The van der Waals surface area contributed by atoms with Gasteiger partial charge in [-0.05, 0) is 31.4 Å². The van der Waals surface area contributed by atoms with Crippen molar-refractivity contribution in [3.8, 4) is 0 Å². The van der Waals surface area contributed by atoms with Crippen LogP contribution in [0.4, 0.5) is 5.82 Å². The van der Waals surface area contributed by atoms with Gasteiger partial charge in [-0.1, -0.05) is 32.8 Å². The highest BCUT2D eigenvalue weighted by Gasteiger charge is 2.12. The molecule has 0 unspecified atom stereocenters. The topological polar surface area (TPSA) is 36.4 Å². The van der Waals surface area contributed by atoms with Crippen LogP contribution in [0.1, 0.15) is 52.2 Å². The van der Waals surface area contributed by atoms with Crippen LogP contribution in [0, 0.1) is 5.92 Å². The molecule has 1 aromatic heterocycles. The average molecular weight is 250 g/mol. The van der Waals surface area contributed by atoms with Crippen molar-refractivity contribution < 1.29 is 5.11 Å². The van der Waals surface area contributed by atoms with Crippen LogP contribution in [0.25, 0.3) is 0 Å². The number of nitrogens with zero attached hydrogens (tertiary/aromatic N) is 2. The van der Waals surface area contributed by atoms with Gasteiger partial charge in [0.05, 0.1) is 6.10 Å². The van der Waals surface area contributed by atoms with Gasteiger partial charge >= 0.3 is 0 Å². The lowest BCUT2D eigenvalue weighted by Gasteiger charge is -2.26. The van der Waals surface area contributed by atoms with Crippen LogP contribution in [-0.2, 0) is 0 Å². The van der Waals surface area contributed by atoms with Gasteiger partial charge in [0.2, 0.25) is 0 Å². The molecule has 18 heavy (non-hydrogen) atoms. The first kappa shape index (κ1) is 15.0. The first-order valence-corrected chi connectivity index (χ1v) is 7.01. The van der Waals surface area contributed by atoms with E-state index in [1.807, 2.05) is 12.1 Å². The number of anilines is 1. The molecule has 0 radical (unpaired) electrons. The zero-order chi connectivity index (χ0) is 13.5. The summed E-state index contributed by atoms with van der Waals surface area (Å²) in [5, 5.41) is 9.48. The minimum Gasteiger partial charge on any atom is -0.389 e. The largest absolute Gasteiger partial charge is 0.389 e. The summed E-state index contributed by atoms with van der Waals surface area (Å²) in [6, 6.07) is 3.97. The third-order valence-corrected chi connectivity index (χ3v) is 3.59. The van der Waals surface area contributed by atoms with E-state index in [4.69, 9.17) is 0 Å². The molecule has 0 fully saturated rings. The minimum atomic E-state index is -0.444. The molecule has 1 aromatic rings. The van der Waals surface area contributed by atoms with Crippen LogP contribution in [-0.4, -0.2) is 23.2 Å². The van der Waals surface area contributed by atoms with Gasteiger partial charge in [0.25, 0.3) is 0 Å². The van der Waals surface area contributed by atoms with Gasteiger partial charge in [-0.2, -0.15) is 0 Å². The summed E-state index contributed by atoms with van der Waals surface area (Å²) in [7, 11) is 0. The molecule has 0 saturated heterocycles. The maximum atomic E-state index is 9.48. The van der Waals surface area contributed by atoms with Crippen molar-refractivity contribution in [3.63, 3.8) is 0 Å². The number of rotatable bonds is 7. The Labute approximate surface area is 111 Å². The first-order valence-electron chi connectivity index (χ1n) is 7.01. The van der Waals surface area contributed by atoms with Crippen LogP contribution < -0.4 is 4.90 Å². The fraction of sp³-hybridized carbons (Fsp3) is 0.667. The van der Waals surface area contributed by atoms with E-state index in [0.29, 0.717) is 0 Å². The van der Waals surface area contributed by atoms with E-state index in [2.05, 4.69) is 30.7 Å². The quantitative estimate of drug-likeness (QED) is 0.805. The Morgan fingerprint density at radius 3 is 2.28 bits per heavy atom. The molecule has 1 heterocycles. The highest BCUT2D eigenvalue weighted by Crippen LogP contribution is 2.18. The van der Waals surface area contributed by atoms with Gasteiger partial charge in [0.15, 0.2) is 0 Å². The second kappa shape index (κ2) is 7.37. The van der Waals surface area contributed by atoms with Crippen molar-refractivity contribution in [1.82, 2.24) is 4.98 Å². The summed E-state index contributed by atoms with van der Waals surface area (Å²) in [6.45, 7) is 10.4. The van der Waals surface area contributed by atoms with E-state index in [9.17, 15) is 5.11 Å². The number of hydrogen-bond donors (Lipinski definition) is 1. The maximum absolute atomic E-state index is 9.48. The van der Waals surface area contributed by atoms with E-state index in [0.717, 1.165) is 30.4 Å². The lowest BCUT2D eigenvalue weighted by atomic mass is 10.0. The number of pyridine rings is 1. The smallest absolute Gasteiger partial charge is 0.128 e. The van der Waals surface area contributed by atoms with Crippen molar-refractivity contribution in [2.24, 2.45) is 5.92 Å². The van der Waals surface area contributed by atoms with Gasteiger partial charge in [0, 0.05) is 19.3 Å². The van der Waals surface area contributed by atoms with E-state index < -0.39 is 6.10 Å². The van der Waals surface area contributed by atoms with Crippen molar-refractivity contribution in [2.45, 2.75) is 46.6 Å². The molecule has 1 N–H and O–H groups in total. The Bertz CT molecular complexity index is 331. The number of aromatic nitrogens is 1. The molecule has 1 atom stereocenters. The van der Waals surface area contributed by atoms with Crippen molar-refractivity contribution in [1.29, 1.82) is 0 Å². The van der Waals surface area contributed by atoms with E-state index >= 15 is 0 Å². The molecule has 1 rings (SSSR count). The van der Waals surface area contributed by atoms with Crippen LogP contribution in [0.15, 0.2) is 18.3 Å². The monoisotopic (exact) mass is 250 g/mol. The minimum absolute atomic E-state index is 0.444. The molecule has 0 aliphatic heterocycles. The van der Waals surface area contributed by atoms with E-state index in [-0.39, 0.29) is 0 Å². The van der Waals surface area contributed by atoms with Crippen molar-refractivity contribution in [2.75, 3.05) is 18.0 Å². The lowest BCUT2D eigenvalue weighted by Crippen LogP contribution is -2.29. The Hall–Kier alpha value is -1.09. The van der Waals surface area contributed by atoms with Gasteiger partial charge in [-0.25, -0.2) is 4.98 Å². The summed E-state index contributed by atoms with van der Waals surface area (Å²) in [5.74, 6) is 1.73. The lowest BCUT2D eigenvalue weighted by molar-refractivity contribution is 0.199. The molecule has 0 aliphatic carbocycles. The maximum Gasteiger partial charge on any atom is 0.128 e. The second-order valence-electron chi connectivity index (χ2n) is 4.85. The standard InChI is InChI=1S/C15H26N2O/c1-5-13(6-2)11-17(7-3)15-9-8-14(10-16-15)12(4)18/h8-10,12-13,18H,5-7,11H2,1-4H3/t12-/m1/s1. The van der Waals surface area contributed by atoms with Crippen LogP contribution >= 0.6 is 0 Å². The summed E-state index contributed by atoms with van der Waals surface area (Å²) in [5.41, 5.74) is 0.873. The van der Waals surface area contributed by atoms with Crippen molar-refractivity contribution >= 4 is 5.82 Å².